The molecule has 1 saturated heterocycles. The number of fused-ring (bicyclic) bond motifs is 1. The number of nitrogens with zero attached hydrogens (tertiary/aromatic N) is 3. The van der Waals surface area contributed by atoms with E-state index in [1.54, 1.807) is 12.0 Å². The van der Waals surface area contributed by atoms with Crippen LogP contribution >= 0.6 is 11.3 Å². The van der Waals surface area contributed by atoms with Crippen LogP contribution in [-0.4, -0.2) is 52.8 Å². The molecule has 0 radical (unpaired) electrons. The molecule has 7 nitrogen and oxygen atoms in total. The lowest BCUT2D eigenvalue weighted by atomic mass is 10.2. The van der Waals surface area contributed by atoms with Crippen molar-refractivity contribution < 1.29 is 14.3 Å². The van der Waals surface area contributed by atoms with Crippen molar-refractivity contribution in [2.24, 2.45) is 0 Å². The maximum Gasteiger partial charge on any atom is 0.271 e. The van der Waals surface area contributed by atoms with Gasteiger partial charge in [0.05, 0.1) is 31.2 Å². The second-order valence-electron chi connectivity index (χ2n) is 7.29. The molecule has 4 rings (SSSR count). The molecule has 3 heterocycles. The highest BCUT2D eigenvalue weighted by atomic mass is 32.1. The van der Waals surface area contributed by atoms with Crippen LogP contribution in [0.5, 0.6) is 5.75 Å². The van der Waals surface area contributed by atoms with Gasteiger partial charge < -0.3 is 14.4 Å². The normalized spacial score (nSPS) is 19.5. The molecule has 3 aromatic rings. The van der Waals surface area contributed by atoms with E-state index in [1.165, 1.54) is 22.2 Å². The Labute approximate surface area is 172 Å². The molecule has 1 aliphatic heterocycles. The fourth-order valence-corrected chi connectivity index (χ4v) is 4.65. The van der Waals surface area contributed by atoms with Gasteiger partial charge in [0.1, 0.15) is 17.0 Å². The summed E-state index contributed by atoms with van der Waals surface area (Å²) in [5.74, 6) is 0.683. The number of ether oxygens (including phenoxy) is 2. The number of benzene rings is 1. The number of thiophene rings is 1. The fraction of sp³-hybridized carbons (Fsp3) is 0.381. The van der Waals surface area contributed by atoms with Crippen molar-refractivity contribution in [1.29, 1.82) is 0 Å². The minimum absolute atomic E-state index is 0.00984. The van der Waals surface area contributed by atoms with Gasteiger partial charge in [0.25, 0.3) is 5.56 Å². The zero-order chi connectivity index (χ0) is 20.5. The molecule has 0 aliphatic carbocycles. The maximum absolute atomic E-state index is 12.9. The topological polar surface area (TPSA) is 73.7 Å². The number of methoxy groups -OCH3 is 1. The molecule has 152 valence electrons. The molecular weight excluding hydrogens is 390 g/mol. The Bertz CT molecular complexity index is 1080. The standard InChI is InChI=1S/C21H23N3O4S/c1-13-9-23(10-14(2)28-13)19(25)11-24-12-22-17-8-18(29-20(17)21(24)26)15-4-6-16(27-3)7-5-15/h4-8,12-14H,9-11H2,1-3H3/t13-,14-/m0/s1. The minimum Gasteiger partial charge on any atom is -0.497 e. The monoisotopic (exact) mass is 413 g/mol. The van der Waals surface area contributed by atoms with E-state index in [2.05, 4.69) is 4.98 Å². The summed E-state index contributed by atoms with van der Waals surface area (Å²) in [6.45, 7) is 4.95. The van der Waals surface area contributed by atoms with Gasteiger partial charge in [-0.15, -0.1) is 11.3 Å². The SMILES string of the molecule is COc1ccc(-c2cc3ncn(CC(=O)N4C[C@H](C)O[C@@H](C)C4)c(=O)c3s2)cc1. The number of hydrogen-bond donors (Lipinski definition) is 0. The van der Waals surface area contributed by atoms with Gasteiger partial charge in [0.2, 0.25) is 5.91 Å². The third-order valence-electron chi connectivity index (χ3n) is 4.96. The van der Waals surface area contributed by atoms with Crippen molar-refractivity contribution in [3.05, 3.63) is 47.0 Å². The van der Waals surface area contributed by atoms with Crippen LogP contribution in [0.2, 0.25) is 0 Å². The van der Waals surface area contributed by atoms with E-state index in [1.807, 2.05) is 44.2 Å². The van der Waals surface area contributed by atoms with Crippen LogP contribution in [0, 0.1) is 0 Å². The van der Waals surface area contributed by atoms with Crippen LogP contribution in [0.15, 0.2) is 41.5 Å². The van der Waals surface area contributed by atoms with Gasteiger partial charge in [0, 0.05) is 18.0 Å². The van der Waals surface area contributed by atoms with Gasteiger partial charge in [-0.1, -0.05) is 0 Å². The first kappa shape index (κ1) is 19.6. The van der Waals surface area contributed by atoms with Crippen molar-refractivity contribution in [3.63, 3.8) is 0 Å². The Morgan fingerprint density at radius 1 is 1.24 bits per heavy atom. The van der Waals surface area contributed by atoms with Gasteiger partial charge >= 0.3 is 0 Å². The molecule has 1 aromatic carbocycles. The average molecular weight is 413 g/mol. The Hall–Kier alpha value is -2.71. The van der Waals surface area contributed by atoms with E-state index in [0.717, 1.165) is 16.2 Å². The molecule has 0 bridgehead atoms. The molecule has 0 N–H and O–H groups in total. The summed E-state index contributed by atoms with van der Waals surface area (Å²) in [4.78, 5) is 32.8. The Morgan fingerprint density at radius 3 is 2.59 bits per heavy atom. The average Bonchev–Trinajstić information content (AvgIpc) is 3.14. The number of amides is 1. The lowest BCUT2D eigenvalue weighted by molar-refractivity contribution is -0.143. The first-order valence-corrected chi connectivity index (χ1v) is 10.3. The van der Waals surface area contributed by atoms with Gasteiger partial charge in [0.15, 0.2) is 0 Å². The molecule has 2 aromatic heterocycles. The van der Waals surface area contributed by atoms with E-state index in [4.69, 9.17) is 9.47 Å². The summed E-state index contributed by atoms with van der Waals surface area (Å²) >= 11 is 1.39. The summed E-state index contributed by atoms with van der Waals surface area (Å²) in [5.41, 5.74) is 1.44. The number of carbonyl (C=O) groups excluding carboxylic acids is 1. The number of aromatic nitrogens is 2. The predicted molar refractivity (Wildman–Crippen MR) is 112 cm³/mol. The summed E-state index contributed by atoms with van der Waals surface area (Å²) < 4.78 is 12.8. The van der Waals surface area contributed by atoms with E-state index in [9.17, 15) is 9.59 Å². The van der Waals surface area contributed by atoms with Crippen molar-refractivity contribution in [3.8, 4) is 16.2 Å². The zero-order valence-corrected chi connectivity index (χ0v) is 17.4. The predicted octanol–water partition coefficient (Wildman–Crippen LogP) is 2.77. The minimum atomic E-state index is -0.192. The van der Waals surface area contributed by atoms with Crippen LogP contribution in [0.3, 0.4) is 0 Å². The molecule has 0 spiro atoms. The molecule has 1 aliphatic rings. The van der Waals surface area contributed by atoms with Crippen LogP contribution in [-0.2, 0) is 16.1 Å². The lowest BCUT2D eigenvalue weighted by Crippen LogP contribution is -2.49. The summed E-state index contributed by atoms with van der Waals surface area (Å²) in [6, 6.07) is 9.57. The van der Waals surface area contributed by atoms with E-state index in [-0.39, 0.29) is 30.2 Å². The number of rotatable bonds is 4. The maximum atomic E-state index is 12.9. The third kappa shape index (κ3) is 4.04. The zero-order valence-electron chi connectivity index (χ0n) is 16.6. The van der Waals surface area contributed by atoms with Gasteiger partial charge in [-0.05, 0) is 49.7 Å². The Morgan fingerprint density at radius 2 is 1.93 bits per heavy atom. The van der Waals surface area contributed by atoms with Gasteiger partial charge in [-0.2, -0.15) is 0 Å². The number of carbonyl (C=O) groups is 1. The molecule has 1 fully saturated rings. The molecule has 8 heteroatoms. The fourth-order valence-electron chi connectivity index (χ4n) is 3.58. The quantitative estimate of drug-likeness (QED) is 0.658. The van der Waals surface area contributed by atoms with Gasteiger partial charge in [-0.3, -0.25) is 14.2 Å². The van der Waals surface area contributed by atoms with Crippen LogP contribution in [0.1, 0.15) is 13.8 Å². The summed E-state index contributed by atoms with van der Waals surface area (Å²) in [5, 5.41) is 0. The smallest absolute Gasteiger partial charge is 0.271 e. The van der Waals surface area contributed by atoms with Crippen molar-refractivity contribution >= 4 is 27.5 Å². The third-order valence-corrected chi connectivity index (χ3v) is 6.12. The van der Waals surface area contributed by atoms with Crippen molar-refractivity contribution in [2.45, 2.75) is 32.6 Å². The molecule has 29 heavy (non-hydrogen) atoms. The highest BCUT2D eigenvalue weighted by Gasteiger charge is 2.26. The summed E-state index contributed by atoms with van der Waals surface area (Å²) in [6.07, 6.45) is 1.44. The Balaban J connectivity index is 1.59. The van der Waals surface area contributed by atoms with Crippen LogP contribution < -0.4 is 10.3 Å². The number of morpholine rings is 1. The van der Waals surface area contributed by atoms with Crippen LogP contribution in [0.4, 0.5) is 0 Å². The second kappa shape index (κ2) is 7.96. The Kier molecular flexibility index (Phi) is 5.38. The molecule has 0 saturated carbocycles. The highest BCUT2D eigenvalue weighted by molar-refractivity contribution is 7.22. The molecule has 1 amide bonds. The molecule has 2 atom stereocenters. The van der Waals surface area contributed by atoms with E-state index < -0.39 is 0 Å². The van der Waals surface area contributed by atoms with Crippen molar-refractivity contribution in [1.82, 2.24) is 14.5 Å². The van der Waals surface area contributed by atoms with Gasteiger partial charge in [-0.25, -0.2) is 4.98 Å². The van der Waals surface area contributed by atoms with E-state index in [0.29, 0.717) is 23.3 Å². The largest absolute Gasteiger partial charge is 0.497 e. The molecule has 0 unspecified atom stereocenters. The van der Waals surface area contributed by atoms with E-state index >= 15 is 0 Å². The summed E-state index contributed by atoms with van der Waals surface area (Å²) in [7, 11) is 1.63. The highest BCUT2D eigenvalue weighted by Crippen LogP contribution is 2.31. The molecular formula is C21H23N3O4S. The van der Waals surface area contributed by atoms with Crippen LogP contribution in [0.25, 0.3) is 20.7 Å². The second-order valence-corrected chi connectivity index (χ2v) is 8.34. The number of hydrogen-bond acceptors (Lipinski definition) is 6. The first-order valence-electron chi connectivity index (χ1n) is 9.51. The van der Waals surface area contributed by atoms with Crippen molar-refractivity contribution in [2.75, 3.05) is 20.2 Å². The first-order chi connectivity index (χ1) is 13.9. The lowest BCUT2D eigenvalue weighted by Gasteiger charge is -2.35.